The van der Waals surface area contributed by atoms with Gasteiger partial charge in [0.25, 0.3) is 0 Å². The highest BCUT2D eigenvalue weighted by Gasteiger charge is 2.31. The highest BCUT2D eigenvalue weighted by atomic mass is 35.5. The molecule has 0 aliphatic rings. The largest absolute Gasteiger partial charge is 0.417 e. The minimum Gasteiger partial charge on any atom is -0.370 e. The van der Waals surface area contributed by atoms with Crippen molar-refractivity contribution >= 4 is 23.3 Å². The Balaban J connectivity index is 2.73. The Hall–Kier alpha value is -1.50. The lowest BCUT2D eigenvalue weighted by Gasteiger charge is -2.10. The molecule has 0 spiro atoms. The van der Waals surface area contributed by atoms with E-state index in [4.69, 9.17) is 17.3 Å². The summed E-state index contributed by atoms with van der Waals surface area (Å²) >= 11 is 5.61. The fourth-order valence-corrected chi connectivity index (χ4v) is 1.26. The Kier molecular flexibility index (Phi) is 4.17. The normalized spacial score (nSPS) is 11.3. The Labute approximate surface area is 100.0 Å². The van der Waals surface area contributed by atoms with Gasteiger partial charge < -0.3 is 11.1 Å². The summed E-state index contributed by atoms with van der Waals surface area (Å²) in [6.07, 6.45) is -3.78. The number of rotatable bonds is 4. The van der Waals surface area contributed by atoms with Crippen molar-refractivity contribution in [2.75, 3.05) is 11.9 Å². The first-order valence-electron chi connectivity index (χ1n) is 4.55. The van der Waals surface area contributed by atoms with Crippen molar-refractivity contribution in [3.8, 4) is 0 Å². The number of alkyl halides is 3. The molecule has 0 atom stereocenters. The fourth-order valence-electron chi connectivity index (χ4n) is 1.03. The molecule has 8 heteroatoms. The van der Waals surface area contributed by atoms with Crippen molar-refractivity contribution in [1.29, 1.82) is 0 Å². The molecule has 1 heterocycles. The molecule has 0 aliphatic heterocycles. The number of nitrogens with two attached hydrogens (primary N) is 1. The molecule has 1 aromatic heterocycles. The van der Waals surface area contributed by atoms with E-state index in [1.807, 2.05) is 0 Å². The maximum atomic E-state index is 12.3. The van der Waals surface area contributed by atoms with Gasteiger partial charge in [0.2, 0.25) is 5.91 Å². The van der Waals surface area contributed by atoms with Crippen LogP contribution in [0.5, 0.6) is 0 Å². The standard InChI is InChI=1S/C9H9ClF3N3O/c10-6-3-5(9(11,12)13)4-16-8(6)15-2-1-7(14)17/h3-4H,1-2H2,(H2,14,17)(H,15,16). The molecule has 1 aromatic rings. The molecule has 0 saturated carbocycles. The van der Waals surface area contributed by atoms with E-state index >= 15 is 0 Å². The molecule has 0 fully saturated rings. The molecule has 0 aliphatic carbocycles. The molecule has 0 unspecified atom stereocenters. The molecule has 0 radical (unpaired) electrons. The van der Waals surface area contributed by atoms with Gasteiger partial charge in [-0.1, -0.05) is 11.6 Å². The maximum Gasteiger partial charge on any atom is 0.417 e. The maximum absolute atomic E-state index is 12.3. The van der Waals surface area contributed by atoms with Crippen LogP contribution in [0.4, 0.5) is 19.0 Å². The molecule has 3 N–H and O–H groups in total. The van der Waals surface area contributed by atoms with Gasteiger partial charge in [-0.3, -0.25) is 4.79 Å². The minimum atomic E-state index is -4.48. The highest BCUT2D eigenvalue weighted by Crippen LogP contribution is 2.32. The SMILES string of the molecule is NC(=O)CCNc1ncc(C(F)(F)F)cc1Cl. The molecular weight excluding hydrogens is 259 g/mol. The average Bonchev–Trinajstić information content (AvgIpc) is 2.18. The summed E-state index contributed by atoms with van der Waals surface area (Å²) < 4.78 is 36.8. The lowest BCUT2D eigenvalue weighted by Crippen LogP contribution is -2.16. The van der Waals surface area contributed by atoms with Crippen LogP contribution in [0, 0.1) is 0 Å². The predicted octanol–water partition coefficient (Wildman–Crippen LogP) is 2.04. The van der Waals surface area contributed by atoms with Crippen LogP contribution >= 0.6 is 11.6 Å². The van der Waals surface area contributed by atoms with Crippen LogP contribution < -0.4 is 11.1 Å². The van der Waals surface area contributed by atoms with Crippen LogP contribution in [-0.2, 0) is 11.0 Å². The zero-order chi connectivity index (χ0) is 13.1. The van der Waals surface area contributed by atoms with Gasteiger partial charge in [0, 0.05) is 19.2 Å². The van der Waals surface area contributed by atoms with Gasteiger partial charge in [-0.2, -0.15) is 13.2 Å². The van der Waals surface area contributed by atoms with E-state index in [-0.39, 0.29) is 23.8 Å². The van der Waals surface area contributed by atoms with E-state index in [1.165, 1.54) is 0 Å². The van der Waals surface area contributed by atoms with Crippen LogP contribution in [0.1, 0.15) is 12.0 Å². The second-order valence-electron chi connectivity index (χ2n) is 3.20. The fraction of sp³-hybridized carbons (Fsp3) is 0.333. The number of nitrogens with zero attached hydrogens (tertiary/aromatic N) is 1. The Bertz CT molecular complexity index is 422. The van der Waals surface area contributed by atoms with E-state index in [0.717, 1.165) is 6.07 Å². The average molecular weight is 268 g/mol. The van der Waals surface area contributed by atoms with E-state index in [1.54, 1.807) is 0 Å². The second-order valence-corrected chi connectivity index (χ2v) is 3.60. The summed E-state index contributed by atoms with van der Waals surface area (Å²) in [4.78, 5) is 14.0. The molecule has 1 rings (SSSR count). The summed E-state index contributed by atoms with van der Waals surface area (Å²) in [5.41, 5.74) is 3.97. The number of hydrogen-bond donors (Lipinski definition) is 2. The van der Waals surface area contributed by atoms with E-state index in [2.05, 4.69) is 10.3 Å². The number of amides is 1. The van der Waals surface area contributed by atoms with Crippen molar-refractivity contribution in [1.82, 2.24) is 4.98 Å². The molecular formula is C9H9ClF3N3O. The van der Waals surface area contributed by atoms with Gasteiger partial charge in [-0.05, 0) is 6.07 Å². The third kappa shape index (κ3) is 4.10. The Morgan fingerprint density at radius 1 is 1.53 bits per heavy atom. The lowest BCUT2D eigenvalue weighted by atomic mass is 10.2. The number of aromatic nitrogens is 1. The summed E-state index contributed by atoms with van der Waals surface area (Å²) in [5, 5.41) is 2.45. The first-order chi connectivity index (χ1) is 7.80. The summed E-state index contributed by atoms with van der Waals surface area (Å²) in [5.74, 6) is -0.443. The van der Waals surface area contributed by atoms with Gasteiger partial charge in [-0.25, -0.2) is 4.98 Å². The quantitative estimate of drug-likeness (QED) is 0.877. The zero-order valence-corrected chi connectivity index (χ0v) is 9.27. The monoisotopic (exact) mass is 267 g/mol. The third-order valence-electron chi connectivity index (χ3n) is 1.83. The number of carbonyl (C=O) groups excluding carboxylic acids is 1. The van der Waals surface area contributed by atoms with Gasteiger partial charge in [0.05, 0.1) is 10.6 Å². The minimum absolute atomic E-state index is 0.0407. The third-order valence-corrected chi connectivity index (χ3v) is 2.12. The highest BCUT2D eigenvalue weighted by molar-refractivity contribution is 6.32. The molecule has 0 saturated heterocycles. The van der Waals surface area contributed by atoms with Crippen LogP contribution in [0.2, 0.25) is 5.02 Å². The number of halogens is 4. The van der Waals surface area contributed by atoms with Gasteiger partial charge in [0.1, 0.15) is 5.82 Å². The van der Waals surface area contributed by atoms with E-state index < -0.39 is 17.6 Å². The number of primary amides is 1. The summed E-state index contributed by atoms with van der Waals surface area (Å²) in [6, 6.07) is 0.765. The molecule has 4 nitrogen and oxygen atoms in total. The van der Waals surface area contributed by atoms with Crippen LogP contribution in [0.15, 0.2) is 12.3 Å². The lowest BCUT2D eigenvalue weighted by molar-refractivity contribution is -0.137. The molecule has 0 aromatic carbocycles. The number of hydrogen-bond acceptors (Lipinski definition) is 3. The van der Waals surface area contributed by atoms with E-state index in [0.29, 0.717) is 6.20 Å². The molecule has 17 heavy (non-hydrogen) atoms. The second kappa shape index (κ2) is 5.22. The smallest absolute Gasteiger partial charge is 0.370 e. The molecule has 0 bridgehead atoms. The first kappa shape index (κ1) is 13.6. The van der Waals surface area contributed by atoms with Crippen molar-refractivity contribution in [3.63, 3.8) is 0 Å². The van der Waals surface area contributed by atoms with Crippen LogP contribution in [0.3, 0.4) is 0 Å². The predicted molar refractivity (Wildman–Crippen MR) is 56.6 cm³/mol. The van der Waals surface area contributed by atoms with Crippen LogP contribution in [-0.4, -0.2) is 17.4 Å². The zero-order valence-electron chi connectivity index (χ0n) is 8.51. The van der Waals surface area contributed by atoms with Gasteiger partial charge >= 0.3 is 6.18 Å². The molecule has 1 amide bonds. The summed E-state index contributed by atoms with van der Waals surface area (Å²) in [6.45, 7) is 0.160. The Morgan fingerprint density at radius 2 is 2.18 bits per heavy atom. The summed E-state index contributed by atoms with van der Waals surface area (Å²) in [7, 11) is 0. The number of pyridine rings is 1. The Morgan fingerprint density at radius 3 is 2.65 bits per heavy atom. The van der Waals surface area contributed by atoms with Crippen molar-refractivity contribution in [2.24, 2.45) is 5.73 Å². The van der Waals surface area contributed by atoms with Gasteiger partial charge in [-0.15, -0.1) is 0 Å². The van der Waals surface area contributed by atoms with E-state index in [9.17, 15) is 18.0 Å². The number of nitrogens with one attached hydrogen (secondary N) is 1. The van der Waals surface area contributed by atoms with Crippen molar-refractivity contribution in [3.05, 3.63) is 22.8 Å². The van der Waals surface area contributed by atoms with Crippen molar-refractivity contribution in [2.45, 2.75) is 12.6 Å². The van der Waals surface area contributed by atoms with Gasteiger partial charge in [0.15, 0.2) is 0 Å². The van der Waals surface area contributed by atoms with Crippen molar-refractivity contribution < 1.29 is 18.0 Å². The number of anilines is 1. The first-order valence-corrected chi connectivity index (χ1v) is 4.93. The topological polar surface area (TPSA) is 68.0 Å². The van der Waals surface area contributed by atoms with Crippen LogP contribution in [0.25, 0.3) is 0 Å². The molecule has 94 valence electrons. The number of carbonyl (C=O) groups is 1.